The number of carbonyl (C=O) groups excluding carboxylic acids is 1. The first-order valence-corrected chi connectivity index (χ1v) is 5.90. The van der Waals surface area contributed by atoms with Crippen LogP contribution in [0.1, 0.15) is 15.9 Å². The molecule has 0 saturated heterocycles. The zero-order chi connectivity index (χ0) is 12.5. The molecule has 0 spiro atoms. The normalized spacial score (nSPS) is 13.9. The molecule has 1 aliphatic rings. The molecule has 2 heterocycles. The van der Waals surface area contributed by atoms with Crippen LogP contribution in [-0.4, -0.2) is 22.2 Å². The molecule has 0 saturated carbocycles. The highest BCUT2D eigenvalue weighted by molar-refractivity contribution is 5.97. The van der Waals surface area contributed by atoms with Crippen molar-refractivity contribution in [1.82, 2.24) is 15.1 Å². The van der Waals surface area contributed by atoms with Crippen molar-refractivity contribution in [3.63, 3.8) is 0 Å². The van der Waals surface area contributed by atoms with Crippen LogP contribution in [0.15, 0.2) is 30.5 Å². The number of carbonyl (C=O) groups is 1. The summed E-state index contributed by atoms with van der Waals surface area (Å²) < 4.78 is 1.73. The number of aryl methyl sites for hydroxylation is 1. The number of nitrogens with zero attached hydrogens (tertiary/aromatic N) is 2. The summed E-state index contributed by atoms with van der Waals surface area (Å²) in [5.41, 5.74) is 2.73. The summed E-state index contributed by atoms with van der Waals surface area (Å²) in [5.74, 6) is 0.773. The van der Waals surface area contributed by atoms with Crippen LogP contribution in [0.5, 0.6) is 0 Å². The maximum Gasteiger partial charge on any atom is 0.251 e. The van der Waals surface area contributed by atoms with Gasteiger partial charge in [0.05, 0.1) is 0 Å². The first-order valence-electron chi connectivity index (χ1n) is 5.90. The van der Waals surface area contributed by atoms with E-state index in [-0.39, 0.29) is 5.91 Å². The Hall–Kier alpha value is -2.30. The molecule has 92 valence electrons. The number of anilines is 2. The summed E-state index contributed by atoms with van der Waals surface area (Å²) in [6, 6.07) is 7.74. The van der Waals surface area contributed by atoms with Gasteiger partial charge in [-0.3, -0.25) is 9.48 Å². The SMILES string of the molecule is Cn1ccc(Nc2ccc3c(c2)C(=O)NCC3)n1. The minimum Gasteiger partial charge on any atom is -0.352 e. The second-order valence-corrected chi connectivity index (χ2v) is 4.38. The minimum atomic E-state index is 0.000853. The summed E-state index contributed by atoms with van der Waals surface area (Å²) in [6.07, 6.45) is 2.76. The van der Waals surface area contributed by atoms with Crippen molar-refractivity contribution in [3.05, 3.63) is 41.6 Å². The highest BCUT2D eigenvalue weighted by Gasteiger charge is 2.16. The van der Waals surface area contributed by atoms with Gasteiger partial charge in [-0.1, -0.05) is 6.07 Å². The molecule has 5 heteroatoms. The van der Waals surface area contributed by atoms with Crippen LogP contribution in [0.25, 0.3) is 0 Å². The van der Waals surface area contributed by atoms with E-state index in [1.54, 1.807) is 4.68 Å². The lowest BCUT2D eigenvalue weighted by molar-refractivity contribution is 0.0946. The third-order valence-electron chi connectivity index (χ3n) is 3.02. The van der Waals surface area contributed by atoms with Gasteiger partial charge in [-0.15, -0.1) is 0 Å². The number of fused-ring (bicyclic) bond motifs is 1. The van der Waals surface area contributed by atoms with Gasteiger partial charge in [0.15, 0.2) is 5.82 Å². The molecule has 2 aromatic rings. The summed E-state index contributed by atoms with van der Waals surface area (Å²) >= 11 is 0. The Labute approximate surface area is 105 Å². The number of nitrogens with one attached hydrogen (secondary N) is 2. The molecule has 2 N–H and O–H groups in total. The zero-order valence-electron chi connectivity index (χ0n) is 10.1. The average molecular weight is 242 g/mol. The maximum atomic E-state index is 11.7. The van der Waals surface area contributed by atoms with Crippen molar-refractivity contribution in [2.75, 3.05) is 11.9 Å². The molecule has 0 aliphatic carbocycles. The van der Waals surface area contributed by atoms with Crippen LogP contribution < -0.4 is 10.6 Å². The Morgan fingerprint density at radius 2 is 2.28 bits per heavy atom. The topological polar surface area (TPSA) is 59.0 Å². The fourth-order valence-electron chi connectivity index (χ4n) is 2.12. The largest absolute Gasteiger partial charge is 0.352 e. The monoisotopic (exact) mass is 242 g/mol. The number of benzene rings is 1. The first kappa shape index (κ1) is 10.8. The quantitative estimate of drug-likeness (QED) is 0.838. The molecule has 0 atom stereocenters. The fourth-order valence-corrected chi connectivity index (χ4v) is 2.12. The lowest BCUT2D eigenvalue weighted by Crippen LogP contribution is -2.31. The minimum absolute atomic E-state index is 0.000853. The molecule has 0 radical (unpaired) electrons. The molecular weight excluding hydrogens is 228 g/mol. The van der Waals surface area contributed by atoms with Crippen molar-refractivity contribution in [2.45, 2.75) is 6.42 Å². The van der Waals surface area contributed by atoms with Crippen LogP contribution in [0.2, 0.25) is 0 Å². The summed E-state index contributed by atoms with van der Waals surface area (Å²) in [7, 11) is 1.87. The van der Waals surface area contributed by atoms with Crippen molar-refractivity contribution in [1.29, 1.82) is 0 Å². The summed E-state index contributed by atoms with van der Waals surface area (Å²) in [6.45, 7) is 0.721. The standard InChI is InChI=1S/C13H14N4O/c1-17-7-5-12(16-17)15-10-3-2-9-4-6-14-13(18)11(9)8-10/h2-3,5,7-8H,4,6H2,1H3,(H,14,18)(H,15,16). The maximum absolute atomic E-state index is 11.7. The van der Waals surface area contributed by atoms with E-state index in [0.717, 1.165) is 35.6 Å². The smallest absolute Gasteiger partial charge is 0.251 e. The Bertz CT molecular complexity index is 603. The second-order valence-electron chi connectivity index (χ2n) is 4.38. The van der Waals surface area contributed by atoms with Gasteiger partial charge >= 0.3 is 0 Å². The number of amides is 1. The Morgan fingerprint density at radius 3 is 3.06 bits per heavy atom. The molecule has 0 fully saturated rings. The number of hydrogen-bond donors (Lipinski definition) is 2. The lowest BCUT2D eigenvalue weighted by Gasteiger charge is -2.17. The van der Waals surface area contributed by atoms with E-state index in [2.05, 4.69) is 15.7 Å². The molecule has 1 aromatic carbocycles. The number of rotatable bonds is 2. The molecule has 1 aliphatic heterocycles. The van der Waals surface area contributed by atoms with Gasteiger partial charge in [-0.2, -0.15) is 5.10 Å². The third-order valence-corrected chi connectivity index (χ3v) is 3.02. The van der Waals surface area contributed by atoms with Crippen LogP contribution in [0.3, 0.4) is 0 Å². The zero-order valence-corrected chi connectivity index (χ0v) is 10.1. The van der Waals surface area contributed by atoms with Crippen molar-refractivity contribution >= 4 is 17.4 Å². The van der Waals surface area contributed by atoms with Gasteiger partial charge in [-0.05, 0) is 24.1 Å². The average Bonchev–Trinajstić information content (AvgIpc) is 2.76. The molecule has 18 heavy (non-hydrogen) atoms. The molecule has 0 bridgehead atoms. The van der Waals surface area contributed by atoms with Crippen LogP contribution in [0, 0.1) is 0 Å². The fraction of sp³-hybridized carbons (Fsp3) is 0.231. The highest BCUT2D eigenvalue weighted by Crippen LogP contribution is 2.21. The van der Waals surface area contributed by atoms with Gasteiger partial charge < -0.3 is 10.6 Å². The summed E-state index contributed by atoms with van der Waals surface area (Å²) in [4.78, 5) is 11.7. The number of hydrogen-bond acceptors (Lipinski definition) is 3. The van der Waals surface area contributed by atoms with E-state index in [4.69, 9.17) is 0 Å². The van der Waals surface area contributed by atoms with Gasteiger partial charge in [-0.25, -0.2) is 0 Å². The molecule has 1 aromatic heterocycles. The first-order chi connectivity index (χ1) is 8.72. The molecule has 3 rings (SSSR count). The molecule has 1 amide bonds. The van der Waals surface area contributed by atoms with Crippen LogP contribution in [-0.2, 0) is 13.5 Å². The molecule has 0 unspecified atom stereocenters. The van der Waals surface area contributed by atoms with E-state index in [9.17, 15) is 4.79 Å². The Balaban J connectivity index is 1.90. The molecular formula is C13H14N4O. The molecule has 5 nitrogen and oxygen atoms in total. The van der Waals surface area contributed by atoms with Gasteiger partial charge in [0.2, 0.25) is 0 Å². The van der Waals surface area contributed by atoms with E-state index in [0.29, 0.717) is 0 Å². The van der Waals surface area contributed by atoms with Crippen molar-refractivity contribution < 1.29 is 4.79 Å². The van der Waals surface area contributed by atoms with E-state index >= 15 is 0 Å². The van der Waals surface area contributed by atoms with E-state index in [1.165, 1.54) is 0 Å². The van der Waals surface area contributed by atoms with Gasteiger partial charge in [0.1, 0.15) is 0 Å². The van der Waals surface area contributed by atoms with Crippen molar-refractivity contribution in [3.8, 4) is 0 Å². The highest BCUT2D eigenvalue weighted by atomic mass is 16.1. The van der Waals surface area contributed by atoms with Gasteiger partial charge in [0, 0.05) is 37.1 Å². The predicted molar refractivity (Wildman–Crippen MR) is 69.0 cm³/mol. The second kappa shape index (κ2) is 4.18. The van der Waals surface area contributed by atoms with Crippen LogP contribution in [0.4, 0.5) is 11.5 Å². The van der Waals surface area contributed by atoms with Gasteiger partial charge in [0.25, 0.3) is 5.91 Å². The van der Waals surface area contributed by atoms with Crippen molar-refractivity contribution in [2.24, 2.45) is 7.05 Å². The van der Waals surface area contributed by atoms with Crippen LogP contribution >= 0.6 is 0 Å². The Morgan fingerprint density at radius 1 is 1.39 bits per heavy atom. The number of aromatic nitrogens is 2. The summed E-state index contributed by atoms with van der Waals surface area (Å²) in [5, 5.41) is 10.3. The van der Waals surface area contributed by atoms with E-state index < -0.39 is 0 Å². The third kappa shape index (κ3) is 1.95. The lowest BCUT2D eigenvalue weighted by atomic mass is 10.00. The van der Waals surface area contributed by atoms with E-state index in [1.807, 2.05) is 37.5 Å². The predicted octanol–water partition coefficient (Wildman–Crippen LogP) is 1.45. The Kier molecular flexibility index (Phi) is 2.51.